The van der Waals surface area contributed by atoms with E-state index in [1.807, 2.05) is 0 Å². The van der Waals surface area contributed by atoms with Crippen LogP contribution in [0.3, 0.4) is 0 Å². The molecule has 1 aliphatic carbocycles. The molecule has 1 heterocycles. The first-order valence-corrected chi connectivity index (χ1v) is 7.09. The second-order valence-corrected chi connectivity index (χ2v) is 5.37. The number of ether oxygens (including phenoxy) is 1. The van der Waals surface area contributed by atoms with E-state index in [0.29, 0.717) is 12.1 Å². The minimum absolute atomic E-state index is 0.0767. The van der Waals surface area contributed by atoms with Crippen molar-refractivity contribution in [3.63, 3.8) is 0 Å². The summed E-state index contributed by atoms with van der Waals surface area (Å²) in [5, 5.41) is 11.6. The van der Waals surface area contributed by atoms with E-state index in [1.165, 1.54) is 24.8 Å². The zero-order chi connectivity index (χ0) is 15.3. The highest BCUT2D eigenvalue weighted by atomic mass is 16.5. The van der Waals surface area contributed by atoms with E-state index in [0.717, 1.165) is 25.7 Å². The Morgan fingerprint density at radius 1 is 1.33 bits per heavy atom. The standard InChI is InChI=1S/C15H20N2O4/c1-21-15(7-3-2-4-8-15)10-17-13(18)11-5-6-12(14(19)20)16-9-11/h5-6,9H,2-4,7-8,10H2,1H3,(H,17,18)(H,19,20). The van der Waals surface area contributed by atoms with E-state index in [-0.39, 0.29) is 17.2 Å². The highest BCUT2D eigenvalue weighted by Crippen LogP contribution is 2.30. The Bertz CT molecular complexity index is 507. The molecule has 6 heteroatoms. The number of nitrogens with one attached hydrogen (secondary N) is 1. The first-order valence-electron chi connectivity index (χ1n) is 7.09. The van der Waals surface area contributed by atoms with Gasteiger partial charge in [0.1, 0.15) is 5.69 Å². The molecule has 0 atom stereocenters. The first kappa shape index (κ1) is 15.4. The van der Waals surface area contributed by atoms with Crippen molar-refractivity contribution in [1.29, 1.82) is 0 Å². The van der Waals surface area contributed by atoms with Gasteiger partial charge in [-0.05, 0) is 25.0 Å². The summed E-state index contributed by atoms with van der Waals surface area (Å²) in [6.45, 7) is 0.461. The third-order valence-electron chi connectivity index (χ3n) is 4.01. The fraction of sp³-hybridized carbons (Fsp3) is 0.533. The third-order valence-corrected chi connectivity index (χ3v) is 4.01. The normalized spacial score (nSPS) is 17.2. The van der Waals surface area contributed by atoms with Crippen molar-refractivity contribution in [2.45, 2.75) is 37.7 Å². The number of methoxy groups -OCH3 is 1. The van der Waals surface area contributed by atoms with Gasteiger partial charge in [-0.1, -0.05) is 19.3 Å². The summed E-state index contributed by atoms with van der Waals surface area (Å²) in [5.74, 6) is -1.37. The lowest BCUT2D eigenvalue weighted by atomic mass is 9.84. The van der Waals surface area contributed by atoms with Gasteiger partial charge in [-0.3, -0.25) is 4.79 Å². The Hall–Kier alpha value is -1.95. The highest BCUT2D eigenvalue weighted by Gasteiger charge is 2.32. The smallest absolute Gasteiger partial charge is 0.354 e. The number of hydrogen-bond acceptors (Lipinski definition) is 4. The number of pyridine rings is 1. The average molecular weight is 292 g/mol. The van der Waals surface area contributed by atoms with Gasteiger partial charge in [-0.25, -0.2) is 9.78 Å². The van der Waals surface area contributed by atoms with Crippen LogP contribution >= 0.6 is 0 Å². The zero-order valence-electron chi connectivity index (χ0n) is 12.1. The predicted molar refractivity (Wildman–Crippen MR) is 76.4 cm³/mol. The van der Waals surface area contributed by atoms with Gasteiger partial charge in [0.25, 0.3) is 5.91 Å². The average Bonchev–Trinajstić information content (AvgIpc) is 2.53. The second kappa shape index (κ2) is 6.67. The molecule has 0 aromatic carbocycles. The molecule has 114 valence electrons. The summed E-state index contributed by atoms with van der Waals surface area (Å²) in [6.07, 6.45) is 6.59. The molecular weight excluding hydrogens is 272 g/mol. The number of carbonyl (C=O) groups excluding carboxylic acids is 1. The molecular formula is C15H20N2O4. The Balaban J connectivity index is 1.96. The summed E-state index contributed by atoms with van der Waals surface area (Å²) in [4.78, 5) is 26.5. The lowest BCUT2D eigenvalue weighted by Crippen LogP contribution is -2.45. The highest BCUT2D eigenvalue weighted by molar-refractivity contribution is 5.94. The van der Waals surface area contributed by atoms with Crippen molar-refractivity contribution in [2.24, 2.45) is 0 Å². The van der Waals surface area contributed by atoms with Crippen LogP contribution in [0.15, 0.2) is 18.3 Å². The van der Waals surface area contributed by atoms with Crippen LogP contribution in [0.5, 0.6) is 0 Å². The molecule has 1 amide bonds. The van der Waals surface area contributed by atoms with Gasteiger partial charge >= 0.3 is 5.97 Å². The SMILES string of the molecule is COC1(CNC(=O)c2ccc(C(=O)O)nc2)CCCCC1. The lowest BCUT2D eigenvalue weighted by molar-refractivity contribution is -0.0363. The van der Waals surface area contributed by atoms with Crippen molar-refractivity contribution in [2.75, 3.05) is 13.7 Å². The molecule has 1 aromatic heterocycles. The number of aromatic nitrogens is 1. The number of carboxylic acid groups (broad SMARTS) is 1. The minimum atomic E-state index is -1.11. The monoisotopic (exact) mass is 292 g/mol. The van der Waals surface area contributed by atoms with E-state index in [1.54, 1.807) is 7.11 Å². The van der Waals surface area contributed by atoms with Gasteiger partial charge in [-0.15, -0.1) is 0 Å². The van der Waals surface area contributed by atoms with E-state index in [4.69, 9.17) is 9.84 Å². The van der Waals surface area contributed by atoms with Crippen molar-refractivity contribution in [1.82, 2.24) is 10.3 Å². The Labute approximate surface area is 123 Å². The van der Waals surface area contributed by atoms with Crippen molar-refractivity contribution >= 4 is 11.9 Å². The topological polar surface area (TPSA) is 88.5 Å². The fourth-order valence-electron chi connectivity index (χ4n) is 2.65. The lowest BCUT2D eigenvalue weighted by Gasteiger charge is -2.36. The number of hydrogen-bond donors (Lipinski definition) is 2. The van der Waals surface area contributed by atoms with Crippen LogP contribution < -0.4 is 5.32 Å². The number of carboxylic acids is 1. The number of aromatic carboxylic acids is 1. The molecule has 0 spiro atoms. The molecule has 2 rings (SSSR count). The molecule has 0 bridgehead atoms. The molecule has 0 aliphatic heterocycles. The largest absolute Gasteiger partial charge is 0.477 e. The van der Waals surface area contributed by atoms with Gasteiger partial charge in [0.05, 0.1) is 11.2 Å². The van der Waals surface area contributed by atoms with E-state index in [9.17, 15) is 9.59 Å². The van der Waals surface area contributed by atoms with Crippen molar-refractivity contribution in [3.05, 3.63) is 29.6 Å². The minimum Gasteiger partial charge on any atom is -0.477 e. The molecule has 2 N–H and O–H groups in total. The van der Waals surface area contributed by atoms with Crippen LogP contribution in [-0.4, -0.2) is 41.2 Å². The first-order chi connectivity index (χ1) is 10.1. The molecule has 0 saturated heterocycles. The van der Waals surface area contributed by atoms with E-state index in [2.05, 4.69) is 10.3 Å². The van der Waals surface area contributed by atoms with Crippen LogP contribution in [0, 0.1) is 0 Å². The third kappa shape index (κ3) is 3.78. The number of rotatable bonds is 5. The molecule has 0 radical (unpaired) electrons. The maximum absolute atomic E-state index is 12.1. The Morgan fingerprint density at radius 2 is 2.05 bits per heavy atom. The van der Waals surface area contributed by atoms with Crippen LogP contribution in [-0.2, 0) is 4.74 Å². The fourth-order valence-corrected chi connectivity index (χ4v) is 2.65. The van der Waals surface area contributed by atoms with Gasteiger partial charge in [-0.2, -0.15) is 0 Å². The molecule has 1 saturated carbocycles. The number of amides is 1. The van der Waals surface area contributed by atoms with Crippen molar-refractivity contribution in [3.8, 4) is 0 Å². The van der Waals surface area contributed by atoms with Crippen LogP contribution in [0.1, 0.15) is 53.0 Å². The summed E-state index contributed by atoms with van der Waals surface area (Å²) >= 11 is 0. The summed E-state index contributed by atoms with van der Waals surface area (Å²) in [6, 6.07) is 2.79. The maximum Gasteiger partial charge on any atom is 0.354 e. The predicted octanol–water partition coefficient (Wildman–Crippen LogP) is 1.86. The van der Waals surface area contributed by atoms with Gasteiger partial charge in [0.15, 0.2) is 0 Å². The molecule has 1 aliphatic rings. The van der Waals surface area contributed by atoms with Gasteiger partial charge < -0.3 is 15.2 Å². The van der Waals surface area contributed by atoms with Crippen LogP contribution in [0.2, 0.25) is 0 Å². The van der Waals surface area contributed by atoms with Gasteiger partial charge in [0, 0.05) is 19.9 Å². The van der Waals surface area contributed by atoms with Gasteiger partial charge in [0.2, 0.25) is 0 Å². The molecule has 1 aromatic rings. The second-order valence-electron chi connectivity index (χ2n) is 5.37. The van der Waals surface area contributed by atoms with Crippen LogP contribution in [0.25, 0.3) is 0 Å². The van der Waals surface area contributed by atoms with Crippen LogP contribution in [0.4, 0.5) is 0 Å². The Morgan fingerprint density at radius 3 is 2.57 bits per heavy atom. The number of nitrogens with zero attached hydrogens (tertiary/aromatic N) is 1. The van der Waals surface area contributed by atoms with Crippen molar-refractivity contribution < 1.29 is 19.4 Å². The number of carbonyl (C=O) groups is 2. The molecule has 0 unspecified atom stereocenters. The summed E-state index contributed by atoms with van der Waals surface area (Å²) in [5.41, 5.74) is -0.00299. The molecule has 21 heavy (non-hydrogen) atoms. The van der Waals surface area contributed by atoms with E-state index >= 15 is 0 Å². The van der Waals surface area contributed by atoms with E-state index < -0.39 is 5.97 Å². The molecule has 6 nitrogen and oxygen atoms in total. The summed E-state index contributed by atoms with van der Waals surface area (Å²) in [7, 11) is 1.68. The quantitative estimate of drug-likeness (QED) is 0.864. The molecule has 1 fully saturated rings. The maximum atomic E-state index is 12.1. The Kier molecular flexibility index (Phi) is 4.90. The summed E-state index contributed by atoms with van der Waals surface area (Å²) < 4.78 is 5.61. The zero-order valence-corrected chi connectivity index (χ0v) is 12.1.